The second-order valence-electron chi connectivity index (χ2n) is 8.99. The Balaban J connectivity index is 1.15. The van der Waals surface area contributed by atoms with Crippen molar-refractivity contribution in [2.75, 3.05) is 0 Å². The number of hydrogen-bond donors (Lipinski definition) is 0. The van der Waals surface area contributed by atoms with Crippen molar-refractivity contribution in [1.29, 1.82) is 0 Å². The first kappa shape index (κ1) is 23.8. The highest BCUT2D eigenvalue weighted by Crippen LogP contribution is 2.45. The van der Waals surface area contributed by atoms with Crippen LogP contribution in [0.15, 0.2) is 101 Å². The lowest BCUT2D eigenvalue weighted by Crippen LogP contribution is -1.89. The van der Waals surface area contributed by atoms with Gasteiger partial charge in [0.2, 0.25) is 0 Å². The van der Waals surface area contributed by atoms with Crippen molar-refractivity contribution >= 4 is 85.8 Å². The predicted octanol–water partition coefficient (Wildman–Crippen LogP) is 10.6. The van der Waals surface area contributed by atoms with Gasteiger partial charge in [-0.1, -0.05) is 42.5 Å². The maximum atomic E-state index is 5.02. The minimum absolute atomic E-state index is 0.537. The van der Waals surface area contributed by atoms with Crippen LogP contribution < -0.4 is 0 Å². The van der Waals surface area contributed by atoms with Gasteiger partial charge in [0, 0.05) is 40.4 Å². The first-order chi connectivity index (χ1) is 18.8. The van der Waals surface area contributed by atoms with Gasteiger partial charge >= 0.3 is 0 Å². The number of allylic oxidation sites excluding steroid dienone is 2. The molecule has 1 atom stereocenters. The fourth-order valence-electron chi connectivity index (χ4n) is 4.55. The molecule has 38 heavy (non-hydrogen) atoms. The molecule has 184 valence electrons. The van der Waals surface area contributed by atoms with E-state index in [1.165, 1.54) is 24.4 Å². The van der Waals surface area contributed by atoms with Crippen molar-refractivity contribution in [3.8, 4) is 9.75 Å². The Morgan fingerprint density at radius 2 is 1.37 bits per heavy atom. The molecular formula is C32H22N2S4. The summed E-state index contributed by atoms with van der Waals surface area (Å²) in [6.07, 6.45) is 12.0. The molecule has 0 saturated heterocycles. The SMILES string of the molecule is C1=C(/C=C/c2ccc3ccc4ccc(/C=C/c5ccc(-c6cccs6)s5)nc4c3n2)SC(c2cccs2)C1. The maximum Gasteiger partial charge on any atom is 0.0972 e. The van der Waals surface area contributed by atoms with Gasteiger partial charge in [-0.25, -0.2) is 9.97 Å². The molecule has 0 saturated carbocycles. The molecule has 6 heterocycles. The van der Waals surface area contributed by atoms with Gasteiger partial charge in [0.15, 0.2) is 0 Å². The van der Waals surface area contributed by atoms with Crippen LogP contribution in [0.25, 0.3) is 49.8 Å². The number of hydrogen-bond acceptors (Lipinski definition) is 6. The molecule has 1 aliphatic rings. The lowest BCUT2D eigenvalue weighted by molar-refractivity contribution is 1.02. The second kappa shape index (κ2) is 10.5. The molecule has 1 aliphatic heterocycles. The average molecular weight is 563 g/mol. The summed E-state index contributed by atoms with van der Waals surface area (Å²) in [6, 6.07) is 25.7. The zero-order valence-corrected chi connectivity index (χ0v) is 23.5. The van der Waals surface area contributed by atoms with E-state index in [0.717, 1.165) is 39.6 Å². The van der Waals surface area contributed by atoms with Crippen LogP contribution in [0.3, 0.4) is 0 Å². The largest absolute Gasteiger partial charge is 0.246 e. The minimum atomic E-state index is 0.537. The number of nitrogens with zero attached hydrogens (tertiary/aromatic N) is 2. The molecule has 0 bridgehead atoms. The van der Waals surface area contributed by atoms with Gasteiger partial charge in [0.25, 0.3) is 0 Å². The van der Waals surface area contributed by atoms with E-state index in [4.69, 9.17) is 9.97 Å². The number of pyridine rings is 2. The zero-order valence-electron chi connectivity index (χ0n) is 20.3. The van der Waals surface area contributed by atoms with Crippen molar-refractivity contribution in [3.63, 3.8) is 0 Å². The molecule has 0 aliphatic carbocycles. The van der Waals surface area contributed by atoms with E-state index in [-0.39, 0.29) is 0 Å². The number of aromatic nitrogens is 2. The van der Waals surface area contributed by atoms with Gasteiger partial charge in [-0.15, -0.1) is 45.8 Å². The first-order valence-corrected chi connectivity index (χ1v) is 15.8. The Morgan fingerprint density at radius 3 is 2.08 bits per heavy atom. The highest BCUT2D eigenvalue weighted by Gasteiger charge is 2.19. The van der Waals surface area contributed by atoms with E-state index in [1.807, 2.05) is 23.1 Å². The Bertz CT molecular complexity index is 1820. The summed E-state index contributed by atoms with van der Waals surface area (Å²) in [4.78, 5) is 16.6. The van der Waals surface area contributed by atoms with Crippen molar-refractivity contribution < 1.29 is 0 Å². The van der Waals surface area contributed by atoms with Crippen LogP contribution in [-0.2, 0) is 0 Å². The monoisotopic (exact) mass is 562 g/mol. The van der Waals surface area contributed by atoms with Gasteiger partial charge in [-0.2, -0.15) is 0 Å². The molecule has 0 fully saturated rings. The van der Waals surface area contributed by atoms with Crippen LogP contribution in [-0.4, -0.2) is 9.97 Å². The molecule has 6 heteroatoms. The summed E-state index contributed by atoms with van der Waals surface area (Å²) in [7, 11) is 0. The van der Waals surface area contributed by atoms with E-state index in [9.17, 15) is 0 Å². The Morgan fingerprint density at radius 1 is 0.658 bits per heavy atom. The van der Waals surface area contributed by atoms with E-state index in [2.05, 4.69) is 114 Å². The average Bonchev–Trinajstić information content (AvgIpc) is 3.77. The van der Waals surface area contributed by atoms with Crippen LogP contribution in [0.5, 0.6) is 0 Å². The number of thiophene rings is 3. The van der Waals surface area contributed by atoms with Crippen LogP contribution in [0.1, 0.15) is 32.8 Å². The smallest absolute Gasteiger partial charge is 0.0972 e. The summed E-state index contributed by atoms with van der Waals surface area (Å²) in [5, 5.41) is 7.03. The Labute approximate surface area is 237 Å². The quantitative estimate of drug-likeness (QED) is 0.189. The van der Waals surface area contributed by atoms with Gasteiger partial charge in [0.05, 0.1) is 22.4 Å². The van der Waals surface area contributed by atoms with Gasteiger partial charge in [0.1, 0.15) is 0 Å². The summed E-state index contributed by atoms with van der Waals surface area (Å²) < 4.78 is 0. The predicted molar refractivity (Wildman–Crippen MR) is 170 cm³/mol. The number of thioether (sulfide) groups is 1. The fourth-order valence-corrected chi connectivity index (χ4v) is 8.38. The maximum absolute atomic E-state index is 5.02. The van der Waals surface area contributed by atoms with E-state index < -0.39 is 0 Å². The third-order valence-electron chi connectivity index (χ3n) is 6.46. The van der Waals surface area contributed by atoms with Crippen LogP contribution >= 0.6 is 45.8 Å². The second-order valence-corrected chi connectivity index (χ2v) is 13.3. The van der Waals surface area contributed by atoms with E-state index in [1.54, 1.807) is 22.7 Å². The van der Waals surface area contributed by atoms with Crippen molar-refractivity contribution in [1.82, 2.24) is 9.97 Å². The first-order valence-electron chi connectivity index (χ1n) is 12.4. The molecule has 5 aromatic heterocycles. The lowest BCUT2D eigenvalue weighted by atomic mass is 10.1. The molecule has 1 unspecified atom stereocenters. The standard InChI is InChI=1S/C32H22N2S4/c1-3-27(35-19-1)29-17-15-25(37-29)13-11-23-9-7-21-5-6-22-8-10-24(34-32(22)31(21)33-23)12-14-26-16-18-30(38-26)28-4-2-20-36-28/h1-17,19-20,30H,18H2/b13-11+,14-12+. The van der Waals surface area contributed by atoms with Gasteiger partial charge < -0.3 is 0 Å². The Kier molecular flexibility index (Phi) is 6.55. The number of benzene rings is 1. The molecule has 0 spiro atoms. The molecule has 0 N–H and O–H groups in total. The summed E-state index contributed by atoms with van der Waals surface area (Å²) >= 11 is 7.36. The fraction of sp³-hybridized carbons (Fsp3) is 0.0625. The van der Waals surface area contributed by atoms with Gasteiger partial charge in [-0.05, 0) is 77.9 Å². The molecule has 6 aromatic rings. The zero-order chi connectivity index (χ0) is 25.3. The Hall–Kier alpha value is -3.29. The van der Waals surface area contributed by atoms with Crippen molar-refractivity contribution in [3.05, 3.63) is 122 Å². The van der Waals surface area contributed by atoms with E-state index >= 15 is 0 Å². The molecule has 1 aromatic carbocycles. The number of rotatable bonds is 6. The minimum Gasteiger partial charge on any atom is -0.246 e. The third kappa shape index (κ3) is 4.93. The van der Waals surface area contributed by atoms with Crippen molar-refractivity contribution in [2.45, 2.75) is 11.7 Å². The molecule has 2 nitrogen and oxygen atoms in total. The van der Waals surface area contributed by atoms with Crippen LogP contribution in [0.4, 0.5) is 0 Å². The lowest BCUT2D eigenvalue weighted by Gasteiger charge is -2.06. The van der Waals surface area contributed by atoms with Gasteiger partial charge in [-0.3, -0.25) is 0 Å². The van der Waals surface area contributed by atoms with Crippen LogP contribution in [0.2, 0.25) is 0 Å². The summed E-state index contributed by atoms with van der Waals surface area (Å²) in [5.74, 6) is 0. The number of fused-ring (bicyclic) bond motifs is 3. The van der Waals surface area contributed by atoms with Crippen LogP contribution in [0, 0.1) is 0 Å². The summed E-state index contributed by atoms with van der Waals surface area (Å²) in [5.41, 5.74) is 3.78. The topological polar surface area (TPSA) is 25.8 Å². The highest BCUT2D eigenvalue weighted by molar-refractivity contribution is 8.03. The normalized spacial score (nSPS) is 15.9. The van der Waals surface area contributed by atoms with Crippen molar-refractivity contribution in [2.24, 2.45) is 0 Å². The highest BCUT2D eigenvalue weighted by atomic mass is 32.2. The molecule has 7 rings (SSSR count). The molecule has 0 amide bonds. The molecule has 0 radical (unpaired) electrons. The van der Waals surface area contributed by atoms with E-state index in [0.29, 0.717) is 5.25 Å². The molecular weight excluding hydrogens is 541 g/mol. The summed E-state index contributed by atoms with van der Waals surface area (Å²) in [6.45, 7) is 0. The third-order valence-corrected chi connectivity index (χ3v) is 11.0.